The highest BCUT2D eigenvalue weighted by molar-refractivity contribution is 5.81. The number of nitrogens with zero attached hydrogens (tertiary/aromatic N) is 1. The summed E-state index contributed by atoms with van der Waals surface area (Å²) in [5.41, 5.74) is 0. The van der Waals surface area contributed by atoms with E-state index in [1.165, 1.54) is 0 Å². The number of carboxylic acid groups (broad SMARTS) is 1. The molecule has 5 nitrogen and oxygen atoms in total. The number of ether oxygens (including phenoxy) is 1. The molecular formula is C14H19NO4. The van der Waals surface area contributed by atoms with Crippen molar-refractivity contribution in [2.24, 2.45) is 17.8 Å². The molecule has 2 aliphatic carbocycles. The lowest BCUT2D eigenvalue weighted by Crippen LogP contribution is -2.52. The molecule has 2 bridgehead atoms. The Kier molecular flexibility index (Phi) is 3.31. The molecule has 5 heteroatoms. The summed E-state index contributed by atoms with van der Waals surface area (Å²) in [7, 11) is 0. The first kappa shape index (κ1) is 12.7. The minimum Gasteiger partial charge on any atom is -0.481 e. The standard InChI is InChI=1S/C14H19NO4/c16-13(17)7-11-8-19-4-3-15(11)14(18)12-6-9-1-2-10(12)5-9/h1-2,9-12H,3-8H2,(H,16,17). The number of aliphatic carboxylic acids is 1. The molecule has 4 atom stereocenters. The smallest absolute Gasteiger partial charge is 0.305 e. The fourth-order valence-electron chi connectivity index (χ4n) is 3.59. The summed E-state index contributed by atoms with van der Waals surface area (Å²) in [5, 5.41) is 8.93. The van der Waals surface area contributed by atoms with E-state index in [-0.39, 0.29) is 24.3 Å². The zero-order chi connectivity index (χ0) is 13.4. The molecule has 0 radical (unpaired) electrons. The molecule has 0 aromatic rings. The molecule has 1 N–H and O–H groups in total. The molecule has 4 unspecified atom stereocenters. The third-order valence-electron chi connectivity index (χ3n) is 4.52. The van der Waals surface area contributed by atoms with Gasteiger partial charge in [-0.3, -0.25) is 9.59 Å². The third-order valence-corrected chi connectivity index (χ3v) is 4.52. The van der Waals surface area contributed by atoms with Crippen LogP contribution in [0.3, 0.4) is 0 Å². The maximum absolute atomic E-state index is 12.6. The minimum atomic E-state index is -0.874. The van der Waals surface area contributed by atoms with E-state index in [0.717, 1.165) is 12.8 Å². The summed E-state index contributed by atoms with van der Waals surface area (Å²) in [6, 6.07) is -0.304. The molecule has 1 amide bonds. The van der Waals surface area contributed by atoms with Crippen LogP contribution in [0, 0.1) is 17.8 Å². The molecule has 2 fully saturated rings. The van der Waals surface area contributed by atoms with Crippen molar-refractivity contribution in [3.63, 3.8) is 0 Å². The van der Waals surface area contributed by atoms with Gasteiger partial charge in [-0.1, -0.05) is 12.2 Å². The monoisotopic (exact) mass is 265 g/mol. The predicted molar refractivity (Wildman–Crippen MR) is 67.4 cm³/mol. The van der Waals surface area contributed by atoms with Crippen molar-refractivity contribution >= 4 is 11.9 Å². The molecule has 1 heterocycles. The lowest BCUT2D eigenvalue weighted by molar-refractivity contribution is -0.149. The fraction of sp³-hybridized carbons (Fsp3) is 0.714. The number of fused-ring (bicyclic) bond motifs is 2. The van der Waals surface area contributed by atoms with Gasteiger partial charge in [0.15, 0.2) is 0 Å². The highest BCUT2D eigenvalue weighted by Gasteiger charge is 2.43. The normalized spacial score (nSPS) is 36.7. The van der Waals surface area contributed by atoms with Gasteiger partial charge in [-0.25, -0.2) is 0 Å². The molecule has 19 heavy (non-hydrogen) atoms. The first-order valence-electron chi connectivity index (χ1n) is 6.93. The van der Waals surface area contributed by atoms with Crippen LogP contribution >= 0.6 is 0 Å². The number of carbonyl (C=O) groups excluding carboxylic acids is 1. The topological polar surface area (TPSA) is 66.8 Å². The SMILES string of the molecule is O=C(O)CC1COCCN1C(=O)C1CC2C=CC1C2. The number of allylic oxidation sites excluding steroid dienone is 2. The summed E-state index contributed by atoms with van der Waals surface area (Å²) >= 11 is 0. The van der Waals surface area contributed by atoms with E-state index in [9.17, 15) is 9.59 Å². The van der Waals surface area contributed by atoms with E-state index in [4.69, 9.17) is 9.84 Å². The summed E-state index contributed by atoms with van der Waals surface area (Å²) in [5.74, 6) is 0.237. The largest absolute Gasteiger partial charge is 0.481 e. The summed E-state index contributed by atoms with van der Waals surface area (Å²) in [6.07, 6.45) is 6.36. The van der Waals surface area contributed by atoms with Gasteiger partial charge in [-0.15, -0.1) is 0 Å². The van der Waals surface area contributed by atoms with Crippen LogP contribution in [0.4, 0.5) is 0 Å². The van der Waals surface area contributed by atoms with Gasteiger partial charge in [0.05, 0.1) is 25.7 Å². The summed E-state index contributed by atoms with van der Waals surface area (Å²) in [6.45, 7) is 1.38. The van der Waals surface area contributed by atoms with Gasteiger partial charge in [0.2, 0.25) is 5.91 Å². The van der Waals surface area contributed by atoms with Crippen LogP contribution in [0.5, 0.6) is 0 Å². The summed E-state index contributed by atoms with van der Waals surface area (Å²) < 4.78 is 5.32. The molecule has 0 aromatic carbocycles. The average molecular weight is 265 g/mol. The molecule has 3 rings (SSSR count). The number of carboxylic acids is 1. The van der Waals surface area contributed by atoms with E-state index in [1.54, 1.807) is 4.90 Å². The van der Waals surface area contributed by atoms with Crippen LogP contribution in [0.15, 0.2) is 12.2 Å². The van der Waals surface area contributed by atoms with Crippen molar-refractivity contribution in [2.45, 2.75) is 25.3 Å². The molecular weight excluding hydrogens is 246 g/mol. The van der Waals surface area contributed by atoms with E-state index < -0.39 is 5.97 Å². The zero-order valence-electron chi connectivity index (χ0n) is 10.8. The van der Waals surface area contributed by atoms with Gasteiger partial charge < -0.3 is 14.7 Å². The Labute approximate surface area is 112 Å². The number of carbonyl (C=O) groups is 2. The first-order valence-corrected chi connectivity index (χ1v) is 6.93. The molecule has 3 aliphatic rings. The molecule has 0 spiro atoms. The second kappa shape index (κ2) is 4.96. The fourth-order valence-corrected chi connectivity index (χ4v) is 3.59. The maximum Gasteiger partial charge on any atom is 0.305 e. The van der Waals surface area contributed by atoms with E-state index in [0.29, 0.717) is 31.6 Å². The Bertz CT molecular complexity index is 420. The van der Waals surface area contributed by atoms with Crippen LogP contribution in [-0.2, 0) is 14.3 Å². The predicted octanol–water partition coefficient (Wildman–Crippen LogP) is 0.901. The van der Waals surface area contributed by atoms with Crippen molar-refractivity contribution < 1.29 is 19.4 Å². The Morgan fingerprint density at radius 1 is 1.32 bits per heavy atom. The van der Waals surface area contributed by atoms with Gasteiger partial charge in [-0.05, 0) is 24.7 Å². The second-order valence-electron chi connectivity index (χ2n) is 5.74. The number of hydrogen-bond acceptors (Lipinski definition) is 3. The van der Waals surface area contributed by atoms with Crippen LogP contribution < -0.4 is 0 Å². The van der Waals surface area contributed by atoms with Gasteiger partial charge in [-0.2, -0.15) is 0 Å². The molecule has 0 aromatic heterocycles. The van der Waals surface area contributed by atoms with Gasteiger partial charge in [0, 0.05) is 12.5 Å². The molecule has 104 valence electrons. The van der Waals surface area contributed by atoms with Crippen molar-refractivity contribution in [3.8, 4) is 0 Å². The van der Waals surface area contributed by atoms with Crippen LogP contribution in [0.2, 0.25) is 0 Å². The van der Waals surface area contributed by atoms with E-state index in [2.05, 4.69) is 12.2 Å². The van der Waals surface area contributed by atoms with Crippen LogP contribution in [0.1, 0.15) is 19.3 Å². The lowest BCUT2D eigenvalue weighted by Gasteiger charge is -2.37. The molecule has 1 saturated heterocycles. The quantitative estimate of drug-likeness (QED) is 0.770. The number of hydrogen-bond donors (Lipinski definition) is 1. The Hall–Kier alpha value is -1.36. The number of amides is 1. The van der Waals surface area contributed by atoms with Crippen molar-refractivity contribution in [2.75, 3.05) is 19.8 Å². The molecule has 1 aliphatic heterocycles. The summed E-state index contributed by atoms with van der Waals surface area (Å²) in [4.78, 5) is 25.3. The maximum atomic E-state index is 12.6. The Balaban J connectivity index is 1.70. The Morgan fingerprint density at radius 3 is 2.79 bits per heavy atom. The van der Waals surface area contributed by atoms with Crippen LogP contribution in [-0.4, -0.2) is 47.7 Å². The minimum absolute atomic E-state index is 0.0254. The van der Waals surface area contributed by atoms with Crippen LogP contribution in [0.25, 0.3) is 0 Å². The Morgan fingerprint density at radius 2 is 2.16 bits per heavy atom. The molecule has 1 saturated carbocycles. The van der Waals surface area contributed by atoms with Crippen molar-refractivity contribution in [3.05, 3.63) is 12.2 Å². The van der Waals surface area contributed by atoms with E-state index >= 15 is 0 Å². The van der Waals surface area contributed by atoms with Gasteiger partial charge in [0.25, 0.3) is 0 Å². The zero-order valence-corrected chi connectivity index (χ0v) is 10.8. The number of morpholine rings is 1. The van der Waals surface area contributed by atoms with Crippen molar-refractivity contribution in [1.29, 1.82) is 0 Å². The third kappa shape index (κ3) is 2.39. The first-order chi connectivity index (χ1) is 9.15. The van der Waals surface area contributed by atoms with Gasteiger partial charge >= 0.3 is 5.97 Å². The second-order valence-corrected chi connectivity index (χ2v) is 5.74. The average Bonchev–Trinajstić information content (AvgIpc) is 3.00. The van der Waals surface area contributed by atoms with E-state index in [1.807, 2.05) is 0 Å². The number of rotatable bonds is 3. The highest BCUT2D eigenvalue weighted by atomic mass is 16.5. The van der Waals surface area contributed by atoms with Crippen molar-refractivity contribution in [1.82, 2.24) is 4.90 Å². The highest BCUT2D eigenvalue weighted by Crippen LogP contribution is 2.44. The van der Waals surface area contributed by atoms with Gasteiger partial charge in [0.1, 0.15) is 0 Å². The lowest BCUT2D eigenvalue weighted by atomic mass is 9.91.